The minimum absolute atomic E-state index is 0.0195. The van der Waals surface area contributed by atoms with E-state index >= 15 is 0 Å². The van der Waals surface area contributed by atoms with Crippen LogP contribution in [0.2, 0.25) is 0 Å². The van der Waals surface area contributed by atoms with Gasteiger partial charge in [0.25, 0.3) is 0 Å². The number of hydrogen-bond acceptors (Lipinski definition) is 2. The summed E-state index contributed by atoms with van der Waals surface area (Å²) in [4.78, 5) is 24.8. The maximum atomic E-state index is 12.5. The molecule has 2 nitrogen and oxygen atoms in total. The van der Waals surface area contributed by atoms with Crippen molar-refractivity contribution in [2.24, 2.45) is 0 Å². The van der Waals surface area contributed by atoms with Crippen LogP contribution < -0.4 is 0 Å². The largest absolute Gasteiger partial charge is 0.289 e. The van der Waals surface area contributed by atoms with Crippen molar-refractivity contribution in [3.8, 4) is 0 Å². The lowest BCUT2D eigenvalue weighted by atomic mass is 9.68. The Morgan fingerprint density at radius 1 is 1.05 bits per heavy atom. The molecule has 0 saturated heterocycles. The van der Waals surface area contributed by atoms with Crippen molar-refractivity contribution in [1.82, 2.24) is 0 Å². The minimum atomic E-state index is -0.0308. The van der Waals surface area contributed by atoms with Crippen molar-refractivity contribution in [1.29, 1.82) is 0 Å². The Hall–Kier alpha value is -2.16. The van der Waals surface area contributed by atoms with Crippen molar-refractivity contribution in [2.75, 3.05) is 0 Å². The van der Waals surface area contributed by atoms with Gasteiger partial charge < -0.3 is 0 Å². The first-order valence-electron chi connectivity index (χ1n) is 6.27. The van der Waals surface area contributed by atoms with Gasteiger partial charge in [0.1, 0.15) is 0 Å². The second kappa shape index (κ2) is 4.50. The molecule has 1 aliphatic carbocycles. The molecule has 1 heterocycles. The van der Waals surface area contributed by atoms with Crippen molar-refractivity contribution in [3.05, 3.63) is 70.1 Å². The quantitative estimate of drug-likeness (QED) is 0.753. The van der Waals surface area contributed by atoms with Crippen LogP contribution in [0.4, 0.5) is 0 Å². The standard InChI is InChI=1S/C16H12BO2/c1-10-14(9-11-5-4-8-17-11)16(19)13-7-3-2-6-12(13)15(10)18/h2-8H,9H2,1H3. The van der Waals surface area contributed by atoms with Crippen molar-refractivity contribution in [3.63, 3.8) is 0 Å². The Labute approximate surface area is 112 Å². The van der Waals surface area contributed by atoms with Gasteiger partial charge in [0.05, 0.1) is 0 Å². The van der Waals surface area contributed by atoms with Crippen LogP contribution >= 0.6 is 0 Å². The van der Waals surface area contributed by atoms with E-state index in [4.69, 9.17) is 0 Å². The molecule has 0 spiro atoms. The van der Waals surface area contributed by atoms with Crippen LogP contribution in [-0.4, -0.2) is 18.8 Å². The number of allylic oxidation sites excluding steroid dienone is 5. The summed E-state index contributed by atoms with van der Waals surface area (Å²) in [5, 5.41) is 0. The van der Waals surface area contributed by atoms with Crippen LogP contribution in [0.25, 0.3) is 0 Å². The van der Waals surface area contributed by atoms with E-state index < -0.39 is 0 Å². The predicted molar refractivity (Wildman–Crippen MR) is 75.4 cm³/mol. The Bertz CT molecular complexity index is 678. The molecule has 0 aromatic heterocycles. The Morgan fingerprint density at radius 2 is 1.74 bits per heavy atom. The molecular formula is C16H12BO2. The van der Waals surface area contributed by atoms with Crippen LogP contribution in [0.3, 0.4) is 0 Å². The highest BCUT2D eigenvalue weighted by Gasteiger charge is 2.29. The zero-order chi connectivity index (χ0) is 13.4. The zero-order valence-electron chi connectivity index (χ0n) is 10.6. The fraction of sp³-hybridized carbons (Fsp3) is 0.125. The maximum Gasteiger partial charge on any atom is 0.190 e. The molecule has 0 saturated carbocycles. The maximum absolute atomic E-state index is 12.5. The Morgan fingerprint density at radius 3 is 2.37 bits per heavy atom. The van der Waals surface area contributed by atoms with E-state index in [9.17, 15) is 9.59 Å². The highest BCUT2D eigenvalue weighted by molar-refractivity contribution is 6.52. The first-order chi connectivity index (χ1) is 9.18. The lowest BCUT2D eigenvalue weighted by Crippen LogP contribution is -2.21. The molecule has 0 bridgehead atoms. The van der Waals surface area contributed by atoms with Crippen molar-refractivity contribution < 1.29 is 9.59 Å². The summed E-state index contributed by atoms with van der Waals surface area (Å²) in [6.07, 6.45) is 4.44. The van der Waals surface area contributed by atoms with Gasteiger partial charge in [0.2, 0.25) is 0 Å². The molecule has 3 rings (SSSR count). The van der Waals surface area contributed by atoms with Crippen molar-refractivity contribution >= 4 is 18.8 Å². The zero-order valence-corrected chi connectivity index (χ0v) is 10.6. The molecule has 0 N–H and O–H groups in total. The van der Waals surface area contributed by atoms with Gasteiger partial charge in [-0.15, -0.1) is 5.98 Å². The molecule has 3 heteroatoms. The number of carbonyl (C=O) groups excluding carboxylic acids is 2. The van der Waals surface area contributed by atoms with E-state index in [0.29, 0.717) is 28.7 Å². The summed E-state index contributed by atoms with van der Waals surface area (Å²) in [6.45, 7) is 1.74. The minimum Gasteiger partial charge on any atom is -0.289 e. The van der Waals surface area contributed by atoms with E-state index in [2.05, 4.69) is 0 Å². The van der Waals surface area contributed by atoms with Gasteiger partial charge >= 0.3 is 0 Å². The highest BCUT2D eigenvalue weighted by atomic mass is 16.1. The van der Waals surface area contributed by atoms with Crippen LogP contribution in [0.15, 0.2) is 59.0 Å². The molecular weight excluding hydrogens is 235 g/mol. The molecule has 19 heavy (non-hydrogen) atoms. The molecule has 1 radical (unpaired) electrons. The van der Waals surface area contributed by atoms with E-state index in [1.165, 1.54) is 0 Å². The third-order valence-electron chi connectivity index (χ3n) is 3.60. The fourth-order valence-corrected chi connectivity index (χ4v) is 2.50. The highest BCUT2D eigenvalue weighted by Crippen LogP contribution is 2.29. The first-order valence-corrected chi connectivity index (χ1v) is 6.27. The molecule has 91 valence electrons. The van der Waals surface area contributed by atoms with E-state index in [0.717, 1.165) is 5.47 Å². The number of Topliss-reactive ketones (excluding diaryl/α,β-unsaturated/α-hetero) is 2. The number of carbonyl (C=O) groups is 2. The number of fused-ring (bicyclic) bond motifs is 1. The molecule has 0 atom stereocenters. The SMILES string of the molecule is CC1=C(CC2=CC=C[B]2)C(=O)c2ccccc2C1=O. The topological polar surface area (TPSA) is 34.1 Å². The van der Waals surface area contributed by atoms with Crippen LogP contribution in [0.5, 0.6) is 0 Å². The van der Waals surface area contributed by atoms with E-state index in [1.54, 1.807) is 31.2 Å². The second-order valence-electron chi connectivity index (χ2n) is 4.78. The van der Waals surface area contributed by atoms with Crippen LogP contribution in [-0.2, 0) is 0 Å². The van der Waals surface area contributed by atoms with Crippen molar-refractivity contribution in [2.45, 2.75) is 13.3 Å². The lowest BCUT2D eigenvalue weighted by Gasteiger charge is -2.19. The fourth-order valence-electron chi connectivity index (χ4n) is 2.50. The van der Waals surface area contributed by atoms with E-state index in [-0.39, 0.29) is 11.6 Å². The molecule has 1 aliphatic heterocycles. The average Bonchev–Trinajstić information content (AvgIpc) is 2.94. The Balaban J connectivity index is 2.03. The molecule has 1 aromatic rings. The number of ketones is 2. The summed E-state index contributed by atoms with van der Waals surface area (Å²) in [6, 6.07) is 7.04. The lowest BCUT2D eigenvalue weighted by molar-refractivity contribution is 0.0973. The van der Waals surface area contributed by atoms with Gasteiger partial charge in [-0.2, -0.15) is 0 Å². The first kappa shape index (κ1) is 11.9. The van der Waals surface area contributed by atoms with Gasteiger partial charge in [-0.25, -0.2) is 0 Å². The number of rotatable bonds is 2. The Kier molecular flexibility index (Phi) is 2.82. The number of benzene rings is 1. The van der Waals surface area contributed by atoms with Gasteiger partial charge in [-0.05, 0) is 13.3 Å². The van der Waals surface area contributed by atoms with Crippen LogP contribution in [0.1, 0.15) is 34.1 Å². The van der Waals surface area contributed by atoms with Gasteiger partial charge in [-0.3, -0.25) is 9.59 Å². The molecule has 0 unspecified atom stereocenters. The smallest absolute Gasteiger partial charge is 0.190 e. The molecule has 0 fully saturated rings. The average molecular weight is 247 g/mol. The normalized spacial score (nSPS) is 17.4. The number of hydrogen-bond donors (Lipinski definition) is 0. The monoisotopic (exact) mass is 247 g/mol. The van der Waals surface area contributed by atoms with Gasteiger partial charge in [0, 0.05) is 22.3 Å². The predicted octanol–water partition coefficient (Wildman–Crippen LogP) is 2.89. The molecule has 1 aromatic carbocycles. The summed E-state index contributed by atoms with van der Waals surface area (Å²) in [7, 11) is 1.97. The van der Waals surface area contributed by atoms with Gasteiger partial charge in [0.15, 0.2) is 18.8 Å². The summed E-state index contributed by atoms with van der Waals surface area (Å²) in [5.74, 6) is 1.89. The van der Waals surface area contributed by atoms with Crippen LogP contribution in [0, 0.1) is 0 Å². The third kappa shape index (κ3) is 1.91. The third-order valence-corrected chi connectivity index (χ3v) is 3.60. The molecule has 0 amide bonds. The van der Waals surface area contributed by atoms with E-state index in [1.807, 2.05) is 25.4 Å². The summed E-state index contributed by atoms with van der Waals surface area (Å²) in [5.41, 5.74) is 3.31. The second-order valence-corrected chi connectivity index (χ2v) is 4.78. The summed E-state index contributed by atoms with van der Waals surface area (Å²) < 4.78 is 0. The van der Waals surface area contributed by atoms with Gasteiger partial charge in [-0.1, -0.05) is 41.9 Å². The molecule has 2 aliphatic rings. The summed E-state index contributed by atoms with van der Waals surface area (Å²) >= 11 is 0.